The number of nitrogens with one attached hydrogen (secondary N) is 2. The molecule has 0 saturated heterocycles. The van der Waals surface area contributed by atoms with Crippen molar-refractivity contribution in [1.29, 1.82) is 0 Å². The summed E-state index contributed by atoms with van der Waals surface area (Å²) in [5.74, 6) is -1.40. The van der Waals surface area contributed by atoms with Crippen molar-refractivity contribution >= 4 is 23.9 Å². The van der Waals surface area contributed by atoms with Gasteiger partial charge in [-0.05, 0) is 82.0 Å². The Morgan fingerprint density at radius 2 is 1.64 bits per heavy atom. The van der Waals surface area contributed by atoms with Gasteiger partial charge in [-0.3, -0.25) is 14.4 Å². The van der Waals surface area contributed by atoms with Crippen LogP contribution in [0.1, 0.15) is 89.5 Å². The molecule has 11 heteroatoms. The summed E-state index contributed by atoms with van der Waals surface area (Å²) in [7, 11) is 0. The molecule has 0 saturated carbocycles. The van der Waals surface area contributed by atoms with E-state index in [0.717, 1.165) is 19.3 Å². The van der Waals surface area contributed by atoms with Crippen LogP contribution in [-0.4, -0.2) is 70.3 Å². The minimum absolute atomic E-state index is 0.00378. The van der Waals surface area contributed by atoms with E-state index in [4.69, 9.17) is 9.47 Å². The number of esters is 1. The SMILES string of the molecule is CCCCCCN(C(=O)C(Cc1ccc(O)cc1)NC(=O)OC(C)(C)C)C(C(=O)NCCC(=O)OCC)c1ccc(O)c(C)c1. The molecule has 248 valence electrons. The van der Waals surface area contributed by atoms with Gasteiger partial charge >= 0.3 is 12.1 Å². The number of carbonyl (C=O) groups excluding carboxylic acids is 4. The smallest absolute Gasteiger partial charge is 0.408 e. The van der Waals surface area contributed by atoms with Gasteiger partial charge in [-0.15, -0.1) is 0 Å². The normalized spacial score (nSPS) is 12.5. The summed E-state index contributed by atoms with van der Waals surface area (Å²) >= 11 is 0. The van der Waals surface area contributed by atoms with Crippen LogP contribution in [0.25, 0.3) is 0 Å². The molecule has 2 aromatic rings. The van der Waals surface area contributed by atoms with Gasteiger partial charge in [0.2, 0.25) is 11.8 Å². The van der Waals surface area contributed by atoms with E-state index in [2.05, 4.69) is 17.6 Å². The Labute approximate surface area is 266 Å². The quantitative estimate of drug-likeness (QED) is 0.149. The molecule has 2 rings (SSSR count). The van der Waals surface area contributed by atoms with E-state index < -0.39 is 41.6 Å². The third kappa shape index (κ3) is 12.7. The van der Waals surface area contributed by atoms with Crippen molar-refractivity contribution in [1.82, 2.24) is 15.5 Å². The number of hydrogen-bond donors (Lipinski definition) is 4. The maximum absolute atomic E-state index is 14.5. The van der Waals surface area contributed by atoms with Gasteiger partial charge < -0.3 is 35.2 Å². The van der Waals surface area contributed by atoms with Crippen LogP contribution >= 0.6 is 0 Å². The lowest BCUT2D eigenvalue weighted by molar-refractivity contribution is -0.144. The van der Waals surface area contributed by atoms with Crippen molar-refractivity contribution in [2.75, 3.05) is 19.7 Å². The first-order valence-electron chi connectivity index (χ1n) is 15.6. The Bertz CT molecular complexity index is 1270. The fourth-order valence-electron chi connectivity index (χ4n) is 4.73. The Morgan fingerprint density at radius 1 is 0.956 bits per heavy atom. The topological polar surface area (TPSA) is 154 Å². The molecule has 3 amide bonds. The highest BCUT2D eigenvalue weighted by Crippen LogP contribution is 2.28. The second kappa shape index (κ2) is 17.9. The standard InChI is InChI=1S/C34H49N3O8/c1-7-9-10-11-20-37(30(25-14-17-28(39)23(3)21-25)31(41)35-19-18-29(40)44-8-2)32(42)27(36-33(43)45-34(4,5)6)22-24-12-15-26(38)16-13-24/h12-17,21,27,30,38-39H,7-11,18-20,22H2,1-6H3,(H,35,41)(H,36,43). The van der Waals surface area contributed by atoms with Crippen molar-refractivity contribution < 1.29 is 38.9 Å². The monoisotopic (exact) mass is 627 g/mol. The number of unbranched alkanes of at least 4 members (excludes halogenated alkanes) is 3. The molecule has 2 unspecified atom stereocenters. The van der Waals surface area contributed by atoms with E-state index in [9.17, 15) is 29.4 Å². The number of benzene rings is 2. The van der Waals surface area contributed by atoms with E-state index in [0.29, 0.717) is 23.1 Å². The van der Waals surface area contributed by atoms with Gasteiger partial charge in [-0.25, -0.2) is 4.79 Å². The van der Waals surface area contributed by atoms with Gasteiger partial charge in [0.15, 0.2) is 0 Å². The Kier molecular flexibility index (Phi) is 14.7. The number of ether oxygens (including phenoxy) is 2. The Balaban J connectivity index is 2.56. The van der Waals surface area contributed by atoms with Crippen molar-refractivity contribution in [3.05, 3.63) is 59.2 Å². The van der Waals surface area contributed by atoms with Gasteiger partial charge in [0.05, 0.1) is 13.0 Å². The number of carbonyl (C=O) groups is 4. The van der Waals surface area contributed by atoms with E-state index in [1.54, 1.807) is 58.9 Å². The number of amides is 3. The van der Waals surface area contributed by atoms with E-state index in [1.807, 2.05) is 0 Å². The molecule has 11 nitrogen and oxygen atoms in total. The number of rotatable bonds is 16. The fraction of sp³-hybridized carbons (Fsp3) is 0.529. The average molecular weight is 628 g/mol. The molecule has 0 radical (unpaired) electrons. The van der Waals surface area contributed by atoms with Crippen LogP contribution in [0, 0.1) is 6.92 Å². The van der Waals surface area contributed by atoms with E-state index in [1.165, 1.54) is 23.1 Å². The summed E-state index contributed by atoms with van der Waals surface area (Å²) in [6, 6.07) is 8.73. The maximum atomic E-state index is 14.5. The first kappa shape index (κ1) is 36.9. The molecule has 4 N–H and O–H groups in total. The molecule has 0 aliphatic rings. The molecule has 0 aliphatic heterocycles. The van der Waals surface area contributed by atoms with Crippen molar-refractivity contribution in [2.24, 2.45) is 0 Å². The zero-order chi connectivity index (χ0) is 33.6. The van der Waals surface area contributed by atoms with Crippen molar-refractivity contribution in [3.8, 4) is 11.5 Å². The van der Waals surface area contributed by atoms with Gasteiger partial charge in [0.25, 0.3) is 0 Å². The van der Waals surface area contributed by atoms with E-state index in [-0.39, 0.29) is 44.0 Å². The van der Waals surface area contributed by atoms with Crippen molar-refractivity contribution in [2.45, 2.75) is 97.8 Å². The van der Waals surface area contributed by atoms with Gasteiger partial charge in [0.1, 0.15) is 29.2 Å². The number of hydrogen-bond acceptors (Lipinski definition) is 8. The minimum Gasteiger partial charge on any atom is -0.508 e. The first-order chi connectivity index (χ1) is 21.2. The summed E-state index contributed by atoms with van der Waals surface area (Å²) < 4.78 is 10.4. The summed E-state index contributed by atoms with van der Waals surface area (Å²) in [6.45, 7) is 11.0. The van der Waals surface area contributed by atoms with Gasteiger partial charge in [-0.1, -0.05) is 44.4 Å². The molecule has 0 fully saturated rings. The second-order valence-corrected chi connectivity index (χ2v) is 12.0. The van der Waals surface area contributed by atoms with Crippen LogP contribution in [-0.2, 0) is 30.3 Å². The number of alkyl carbamates (subject to hydrolysis) is 1. The molecule has 2 atom stereocenters. The van der Waals surface area contributed by atoms with Crippen LogP contribution in [0.4, 0.5) is 4.79 Å². The fourth-order valence-corrected chi connectivity index (χ4v) is 4.73. The van der Waals surface area contributed by atoms with Crippen molar-refractivity contribution in [3.63, 3.8) is 0 Å². The lowest BCUT2D eigenvalue weighted by atomic mass is 9.98. The largest absolute Gasteiger partial charge is 0.508 e. The molecular formula is C34H49N3O8. The molecule has 2 aromatic carbocycles. The summed E-state index contributed by atoms with van der Waals surface area (Å²) in [5.41, 5.74) is 0.830. The molecule has 0 bridgehead atoms. The third-order valence-corrected chi connectivity index (χ3v) is 6.93. The molecular weight excluding hydrogens is 578 g/mol. The predicted molar refractivity (Wildman–Crippen MR) is 171 cm³/mol. The molecule has 45 heavy (non-hydrogen) atoms. The second-order valence-electron chi connectivity index (χ2n) is 12.0. The lowest BCUT2D eigenvalue weighted by Crippen LogP contribution is -2.54. The molecule has 0 aliphatic carbocycles. The van der Waals surface area contributed by atoms with Gasteiger partial charge in [0, 0.05) is 19.5 Å². The summed E-state index contributed by atoms with van der Waals surface area (Å²) in [6.07, 6.45) is 2.54. The summed E-state index contributed by atoms with van der Waals surface area (Å²) in [4.78, 5) is 54.8. The highest BCUT2D eigenvalue weighted by Gasteiger charge is 2.36. The highest BCUT2D eigenvalue weighted by molar-refractivity contribution is 5.92. The van der Waals surface area contributed by atoms with Crippen LogP contribution in [0.2, 0.25) is 0 Å². The minimum atomic E-state index is -1.14. The maximum Gasteiger partial charge on any atom is 0.408 e. The van der Waals surface area contributed by atoms with Crippen LogP contribution in [0.15, 0.2) is 42.5 Å². The highest BCUT2D eigenvalue weighted by atomic mass is 16.6. The third-order valence-electron chi connectivity index (χ3n) is 6.93. The van der Waals surface area contributed by atoms with Crippen LogP contribution in [0.5, 0.6) is 11.5 Å². The zero-order valence-corrected chi connectivity index (χ0v) is 27.4. The van der Waals surface area contributed by atoms with Crippen LogP contribution < -0.4 is 10.6 Å². The van der Waals surface area contributed by atoms with Crippen LogP contribution in [0.3, 0.4) is 0 Å². The number of aromatic hydroxyl groups is 2. The lowest BCUT2D eigenvalue weighted by Gasteiger charge is -2.35. The molecule has 0 heterocycles. The number of phenols is 2. The molecule has 0 aromatic heterocycles. The first-order valence-corrected chi connectivity index (χ1v) is 15.6. The Morgan fingerprint density at radius 3 is 2.24 bits per heavy atom. The number of aryl methyl sites for hydroxylation is 1. The zero-order valence-electron chi connectivity index (χ0n) is 27.4. The Hall–Kier alpha value is -4.28. The average Bonchev–Trinajstić information content (AvgIpc) is 2.96. The number of nitrogens with zero attached hydrogens (tertiary/aromatic N) is 1. The van der Waals surface area contributed by atoms with E-state index >= 15 is 0 Å². The molecule has 0 spiro atoms. The van der Waals surface area contributed by atoms with Gasteiger partial charge in [-0.2, -0.15) is 0 Å². The number of phenolic OH excluding ortho intramolecular Hbond substituents is 2. The summed E-state index contributed by atoms with van der Waals surface area (Å²) in [5, 5.41) is 25.5. The predicted octanol–water partition coefficient (Wildman–Crippen LogP) is 5.06.